The number of carbonyl (C=O) groups excluding carboxylic acids is 1. The number of benzene rings is 1. The van der Waals surface area contributed by atoms with E-state index in [-0.39, 0.29) is 11.7 Å². The fourth-order valence-electron chi connectivity index (χ4n) is 0.789. The molecule has 4 heteroatoms. The molecule has 13 heavy (non-hydrogen) atoms. The van der Waals surface area contributed by atoms with Gasteiger partial charge in [0.1, 0.15) is 5.75 Å². The number of hydrogen-bond acceptors (Lipinski definition) is 3. The SMILES string of the molecule is CC(=O)N/N=C/c1ccccc1O. The molecule has 2 N–H and O–H groups in total. The fraction of sp³-hybridized carbons (Fsp3) is 0.111. The van der Waals surface area contributed by atoms with Crippen molar-refractivity contribution in [2.24, 2.45) is 5.10 Å². The van der Waals surface area contributed by atoms with E-state index in [1.54, 1.807) is 24.3 Å². The minimum atomic E-state index is -0.244. The topological polar surface area (TPSA) is 61.7 Å². The Hall–Kier alpha value is -1.84. The Bertz CT molecular complexity index is 334. The van der Waals surface area contributed by atoms with Crippen LogP contribution in [0.1, 0.15) is 12.5 Å². The summed E-state index contributed by atoms with van der Waals surface area (Å²) < 4.78 is 0. The van der Waals surface area contributed by atoms with Crippen LogP contribution in [0.3, 0.4) is 0 Å². The summed E-state index contributed by atoms with van der Waals surface area (Å²) in [6.45, 7) is 1.36. The van der Waals surface area contributed by atoms with Crippen LogP contribution in [0.4, 0.5) is 0 Å². The molecule has 1 aromatic rings. The van der Waals surface area contributed by atoms with Crippen LogP contribution in [-0.4, -0.2) is 17.2 Å². The molecule has 0 atom stereocenters. The molecule has 0 aliphatic heterocycles. The van der Waals surface area contributed by atoms with E-state index in [0.717, 1.165) is 0 Å². The fourth-order valence-corrected chi connectivity index (χ4v) is 0.789. The van der Waals surface area contributed by atoms with Gasteiger partial charge in [-0.25, -0.2) is 5.43 Å². The lowest BCUT2D eigenvalue weighted by atomic mass is 10.2. The first kappa shape index (κ1) is 9.25. The van der Waals surface area contributed by atoms with Crippen molar-refractivity contribution in [3.8, 4) is 5.75 Å². The molecule has 0 bridgehead atoms. The molecule has 1 aromatic carbocycles. The highest BCUT2D eigenvalue weighted by molar-refractivity contribution is 5.84. The smallest absolute Gasteiger partial charge is 0.236 e. The molecule has 68 valence electrons. The van der Waals surface area contributed by atoms with Gasteiger partial charge in [0, 0.05) is 12.5 Å². The minimum Gasteiger partial charge on any atom is -0.507 e. The largest absolute Gasteiger partial charge is 0.507 e. The zero-order chi connectivity index (χ0) is 9.68. The molecule has 0 aromatic heterocycles. The summed E-state index contributed by atoms with van der Waals surface area (Å²) in [4.78, 5) is 10.4. The molecule has 0 saturated heterocycles. The highest BCUT2D eigenvalue weighted by atomic mass is 16.3. The molecule has 0 unspecified atom stereocenters. The predicted octanol–water partition coefficient (Wildman–Crippen LogP) is 0.862. The normalized spacial score (nSPS) is 10.2. The number of nitrogens with zero attached hydrogens (tertiary/aromatic N) is 1. The summed E-state index contributed by atoms with van der Waals surface area (Å²) in [6.07, 6.45) is 1.39. The maximum absolute atomic E-state index is 10.4. The summed E-state index contributed by atoms with van der Waals surface area (Å²) in [5, 5.41) is 12.9. The van der Waals surface area contributed by atoms with Crippen LogP contribution in [0, 0.1) is 0 Å². The number of para-hydroxylation sites is 1. The Morgan fingerprint density at radius 1 is 1.54 bits per heavy atom. The Morgan fingerprint density at radius 3 is 2.85 bits per heavy atom. The van der Waals surface area contributed by atoms with E-state index in [1.165, 1.54) is 13.1 Å². The number of aromatic hydroxyl groups is 1. The second-order valence-corrected chi connectivity index (χ2v) is 2.49. The van der Waals surface area contributed by atoms with Crippen molar-refractivity contribution in [1.29, 1.82) is 0 Å². The van der Waals surface area contributed by atoms with E-state index in [2.05, 4.69) is 10.5 Å². The summed E-state index contributed by atoms with van der Waals surface area (Å²) in [5.41, 5.74) is 2.81. The minimum absolute atomic E-state index is 0.136. The number of nitrogens with one attached hydrogen (secondary N) is 1. The quantitative estimate of drug-likeness (QED) is 0.521. The Balaban J connectivity index is 2.68. The predicted molar refractivity (Wildman–Crippen MR) is 49.5 cm³/mol. The molecule has 0 aliphatic rings. The van der Waals surface area contributed by atoms with Crippen LogP contribution in [-0.2, 0) is 4.79 Å². The molecule has 0 aliphatic carbocycles. The second-order valence-electron chi connectivity index (χ2n) is 2.49. The van der Waals surface area contributed by atoms with Gasteiger partial charge in [0.05, 0.1) is 6.21 Å². The van der Waals surface area contributed by atoms with Crippen LogP contribution < -0.4 is 5.43 Å². The number of rotatable bonds is 2. The van der Waals surface area contributed by atoms with Gasteiger partial charge in [0.15, 0.2) is 0 Å². The van der Waals surface area contributed by atoms with Crippen LogP contribution in [0.5, 0.6) is 5.75 Å². The van der Waals surface area contributed by atoms with Crippen LogP contribution in [0.25, 0.3) is 0 Å². The molecule has 0 fully saturated rings. The zero-order valence-corrected chi connectivity index (χ0v) is 7.19. The standard InChI is InChI=1S/C9H10N2O2/c1-7(12)11-10-6-8-4-2-3-5-9(8)13/h2-6,13H,1H3,(H,11,12)/b10-6+. The van der Waals surface area contributed by atoms with E-state index in [0.29, 0.717) is 5.56 Å². The molecular weight excluding hydrogens is 168 g/mol. The van der Waals surface area contributed by atoms with Crippen molar-refractivity contribution in [2.45, 2.75) is 6.92 Å². The van der Waals surface area contributed by atoms with Gasteiger partial charge in [0.25, 0.3) is 0 Å². The van der Waals surface area contributed by atoms with E-state index in [1.807, 2.05) is 0 Å². The van der Waals surface area contributed by atoms with E-state index in [9.17, 15) is 9.90 Å². The first-order valence-corrected chi connectivity index (χ1v) is 3.78. The number of amides is 1. The lowest BCUT2D eigenvalue weighted by molar-refractivity contribution is -0.118. The van der Waals surface area contributed by atoms with Crippen LogP contribution >= 0.6 is 0 Å². The van der Waals surface area contributed by atoms with Crippen molar-refractivity contribution in [3.63, 3.8) is 0 Å². The van der Waals surface area contributed by atoms with E-state index in [4.69, 9.17) is 0 Å². The Labute approximate surface area is 75.9 Å². The molecule has 1 amide bonds. The summed E-state index contributed by atoms with van der Waals surface area (Å²) in [6, 6.07) is 6.73. The molecule has 0 heterocycles. The van der Waals surface area contributed by atoms with Gasteiger partial charge in [0.2, 0.25) is 5.91 Å². The van der Waals surface area contributed by atoms with Crippen molar-refractivity contribution >= 4 is 12.1 Å². The third kappa shape index (κ3) is 2.94. The third-order valence-corrected chi connectivity index (χ3v) is 1.36. The number of phenolic OH excluding ortho intramolecular Hbond substituents is 1. The van der Waals surface area contributed by atoms with E-state index >= 15 is 0 Å². The average molecular weight is 178 g/mol. The molecule has 4 nitrogen and oxygen atoms in total. The second kappa shape index (κ2) is 4.25. The number of hydrazone groups is 1. The van der Waals surface area contributed by atoms with Gasteiger partial charge in [-0.1, -0.05) is 12.1 Å². The average Bonchev–Trinajstić information content (AvgIpc) is 2.08. The van der Waals surface area contributed by atoms with Crippen LogP contribution in [0.2, 0.25) is 0 Å². The maximum Gasteiger partial charge on any atom is 0.236 e. The first-order chi connectivity index (χ1) is 6.20. The molecule has 0 saturated carbocycles. The van der Waals surface area contributed by atoms with E-state index < -0.39 is 0 Å². The van der Waals surface area contributed by atoms with Gasteiger partial charge in [-0.15, -0.1) is 0 Å². The van der Waals surface area contributed by atoms with Crippen molar-refractivity contribution < 1.29 is 9.90 Å². The van der Waals surface area contributed by atoms with Gasteiger partial charge >= 0.3 is 0 Å². The molecule has 0 spiro atoms. The highest BCUT2D eigenvalue weighted by Crippen LogP contribution is 2.12. The van der Waals surface area contributed by atoms with Crippen molar-refractivity contribution in [1.82, 2.24) is 5.43 Å². The number of phenols is 1. The summed E-state index contributed by atoms with van der Waals surface area (Å²) in [5.74, 6) is -0.108. The highest BCUT2D eigenvalue weighted by Gasteiger charge is 1.94. The molecule has 1 rings (SSSR count). The van der Waals surface area contributed by atoms with Crippen molar-refractivity contribution in [2.75, 3.05) is 0 Å². The molecule has 0 radical (unpaired) electrons. The lowest BCUT2D eigenvalue weighted by Gasteiger charge is -1.96. The van der Waals surface area contributed by atoms with Crippen LogP contribution in [0.15, 0.2) is 29.4 Å². The zero-order valence-electron chi connectivity index (χ0n) is 7.19. The summed E-state index contributed by atoms with van der Waals surface area (Å²) in [7, 11) is 0. The Kier molecular flexibility index (Phi) is 3.03. The molecular formula is C9H10N2O2. The maximum atomic E-state index is 10.4. The lowest BCUT2D eigenvalue weighted by Crippen LogP contribution is -2.12. The monoisotopic (exact) mass is 178 g/mol. The van der Waals surface area contributed by atoms with Gasteiger partial charge in [-0.05, 0) is 12.1 Å². The van der Waals surface area contributed by atoms with Gasteiger partial charge < -0.3 is 5.11 Å². The number of hydrogen-bond donors (Lipinski definition) is 2. The van der Waals surface area contributed by atoms with Gasteiger partial charge in [-0.3, -0.25) is 4.79 Å². The summed E-state index contributed by atoms with van der Waals surface area (Å²) >= 11 is 0. The number of carbonyl (C=O) groups is 1. The first-order valence-electron chi connectivity index (χ1n) is 3.78. The Morgan fingerprint density at radius 2 is 2.23 bits per heavy atom. The third-order valence-electron chi connectivity index (χ3n) is 1.36. The van der Waals surface area contributed by atoms with Crippen molar-refractivity contribution in [3.05, 3.63) is 29.8 Å². The van der Waals surface area contributed by atoms with Gasteiger partial charge in [-0.2, -0.15) is 5.10 Å².